The number of nitriles is 1. The monoisotopic (exact) mass is 288 g/mol. The van der Waals surface area contributed by atoms with E-state index in [1.165, 1.54) is 0 Å². The second kappa shape index (κ2) is 7.87. The standard InChI is InChI=1S/C14H20N6O/c1-3-20(6-7-21)11-4-5-12(10(2)8-11)18-19-13(9-15)14(16)17/h4-5,8,18,21H,3,6-7H2,1-2H3,(H3,16,17)/b19-13+. The van der Waals surface area contributed by atoms with Gasteiger partial charge in [-0.25, -0.2) is 0 Å². The van der Waals surface area contributed by atoms with E-state index in [4.69, 9.17) is 21.5 Å². The molecule has 0 fully saturated rings. The first kappa shape index (κ1) is 16.5. The number of rotatable bonds is 7. The lowest BCUT2D eigenvalue weighted by molar-refractivity contribution is 0.302. The van der Waals surface area contributed by atoms with Crippen molar-refractivity contribution in [2.75, 3.05) is 30.0 Å². The van der Waals surface area contributed by atoms with Crippen molar-refractivity contribution in [1.29, 1.82) is 10.7 Å². The summed E-state index contributed by atoms with van der Waals surface area (Å²) in [7, 11) is 0. The van der Waals surface area contributed by atoms with Crippen molar-refractivity contribution >= 4 is 22.9 Å². The highest BCUT2D eigenvalue weighted by Gasteiger charge is 2.07. The Morgan fingerprint density at radius 2 is 2.29 bits per heavy atom. The maximum Gasteiger partial charge on any atom is 0.201 e. The molecule has 0 amide bonds. The van der Waals surface area contributed by atoms with Crippen LogP contribution in [0.25, 0.3) is 0 Å². The van der Waals surface area contributed by atoms with Crippen LogP contribution in [0.4, 0.5) is 11.4 Å². The molecule has 0 aliphatic carbocycles. The normalized spacial score (nSPS) is 10.9. The van der Waals surface area contributed by atoms with Crippen LogP contribution in [-0.2, 0) is 0 Å². The molecule has 0 radical (unpaired) electrons. The topological polar surface area (TPSA) is 122 Å². The molecule has 0 heterocycles. The average Bonchev–Trinajstić information content (AvgIpc) is 2.46. The number of nitrogens with two attached hydrogens (primary N) is 1. The number of anilines is 2. The molecule has 0 spiro atoms. The lowest BCUT2D eigenvalue weighted by atomic mass is 10.1. The fraction of sp³-hybridized carbons (Fsp3) is 0.357. The van der Waals surface area contributed by atoms with Crippen molar-refractivity contribution in [2.24, 2.45) is 10.8 Å². The SMILES string of the molecule is CCN(CCO)c1ccc(N/N=C(\C#N)C(=N)N)c(C)c1. The Morgan fingerprint density at radius 1 is 1.57 bits per heavy atom. The van der Waals surface area contributed by atoms with E-state index < -0.39 is 0 Å². The number of aliphatic hydroxyl groups excluding tert-OH is 1. The zero-order valence-corrected chi connectivity index (χ0v) is 12.2. The zero-order chi connectivity index (χ0) is 15.8. The van der Waals surface area contributed by atoms with Crippen molar-refractivity contribution in [2.45, 2.75) is 13.8 Å². The number of hydrazone groups is 1. The second-order valence-electron chi connectivity index (χ2n) is 4.40. The van der Waals surface area contributed by atoms with Gasteiger partial charge in [0.1, 0.15) is 6.07 Å². The molecule has 0 atom stereocenters. The quantitative estimate of drug-likeness (QED) is 0.339. The number of amidine groups is 1. The largest absolute Gasteiger partial charge is 0.395 e. The van der Waals surface area contributed by atoms with Crippen LogP contribution in [0.5, 0.6) is 0 Å². The Morgan fingerprint density at radius 3 is 2.76 bits per heavy atom. The van der Waals surface area contributed by atoms with E-state index in [0.29, 0.717) is 6.54 Å². The number of nitrogens with zero attached hydrogens (tertiary/aromatic N) is 3. The maximum absolute atomic E-state index is 9.04. The van der Waals surface area contributed by atoms with Gasteiger partial charge in [-0.3, -0.25) is 10.8 Å². The third kappa shape index (κ3) is 4.47. The highest BCUT2D eigenvalue weighted by molar-refractivity contribution is 6.45. The maximum atomic E-state index is 9.04. The molecule has 1 aromatic rings. The number of aryl methyl sites for hydroxylation is 1. The average molecular weight is 288 g/mol. The Hall–Kier alpha value is -2.59. The summed E-state index contributed by atoms with van der Waals surface area (Å²) in [6, 6.07) is 7.46. The van der Waals surface area contributed by atoms with Gasteiger partial charge in [-0.15, -0.1) is 0 Å². The van der Waals surface area contributed by atoms with Gasteiger partial charge in [-0.1, -0.05) is 0 Å². The van der Waals surface area contributed by atoms with Crippen molar-refractivity contribution < 1.29 is 5.11 Å². The molecule has 0 aromatic heterocycles. The minimum atomic E-state index is -0.376. The van der Waals surface area contributed by atoms with Gasteiger partial charge in [-0.05, 0) is 37.6 Å². The minimum absolute atomic E-state index is 0.0985. The number of hydrogen-bond donors (Lipinski definition) is 4. The van der Waals surface area contributed by atoms with Crippen LogP contribution in [0.1, 0.15) is 12.5 Å². The van der Waals surface area contributed by atoms with Crippen LogP contribution in [0.2, 0.25) is 0 Å². The molecule has 7 nitrogen and oxygen atoms in total. The summed E-state index contributed by atoms with van der Waals surface area (Å²) in [5, 5.41) is 28.8. The third-order valence-corrected chi connectivity index (χ3v) is 2.98. The molecule has 0 bridgehead atoms. The van der Waals surface area contributed by atoms with E-state index in [1.54, 1.807) is 6.07 Å². The predicted molar refractivity (Wildman–Crippen MR) is 84.7 cm³/mol. The Labute approximate surface area is 124 Å². The van der Waals surface area contributed by atoms with E-state index in [1.807, 2.05) is 32.0 Å². The summed E-state index contributed by atoms with van der Waals surface area (Å²) in [6.07, 6.45) is 0. The van der Waals surface area contributed by atoms with Gasteiger partial charge in [0.15, 0.2) is 5.84 Å². The Balaban J connectivity index is 2.93. The molecular weight excluding hydrogens is 268 g/mol. The summed E-state index contributed by atoms with van der Waals surface area (Å²) in [5.74, 6) is -0.376. The fourth-order valence-corrected chi connectivity index (χ4v) is 1.82. The fourth-order valence-electron chi connectivity index (χ4n) is 1.82. The number of likely N-dealkylation sites (N-methyl/N-ethyl adjacent to an activating group) is 1. The lowest BCUT2D eigenvalue weighted by Gasteiger charge is -2.23. The number of aliphatic hydroxyl groups is 1. The van der Waals surface area contributed by atoms with Crippen molar-refractivity contribution in [1.82, 2.24) is 0 Å². The summed E-state index contributed by atoms with van der Waals surface area (Å²) in [6.45, 7) is 5.40. The first-order chi connectivity index (χ1) is 10.0. The molecule has 7 heteroatoms. The van der Waals surface area contributed by atoms with Crippen molar-refractivity contribution in [3.05, 3.63) is 23.8 Å². The molecule has 1 aromatic carbocycles. The van der Waals surface area contributed by atoms with E-state index >= 15 is 0 Å². The number of hydrogen-bond acceptors (Lipinski definition) is 6. The molecule has 21 heavy (non-hydrogen) atoms. The van der Waals surface area contributed by atoms with E-state index in [2.05, 4.69) is 15.4 Å². The molecule has 0 saturated heterocycles. The van der Waals surface area contributed by atoms with Crippen molar-refractivity contribution in [3.63, 3.8) is 0 Å². The Bertz CT molecular complexity index is 575. The van der Waals surface area contributed by atoms with Crippen LogP contribution in [-0.4, -0.2) is 36.4 Å². The molecule has 0 saturated carbocycles. The van der Waals surface area contributed by atoms with E-state index in [9.17, 15) is 0 Å². The first-order valence-electron chi connectivity index (χ1n) is 6.58. The zero-order valence-electron chi connectivity index (χ0n) is 12.2. The molecule has 0 aliphatic rings. The first-order valence-corrected chi connectivity index (χ1v) is 6.58. The lowest BCUT2D eigenvalue weighted by Crippen LogP contribution is -2.26. The summed E-state index contributed by atoms with van der Waals surface area (Å²) < 4.78 is 0. The number of nitrogens with one attached hydrogen (secondary N) is 2. The smallest absolute Gasteiger partial charge is 0.201 e. The van der Waals surface area contributed by atoms with Crippen LogP contribution in [0.15, 0.2) is 23.3 Å². The van der Waals surface area contributed by atoms with E-state index in [-0.39, 0.29) is 18.2 Å². The van der Waals surface area contributed by atoms with Gasteiger partial charge in [0, 0.05) is 18.8 Å². The van der Waals surface area contributed by atoms with Crippen LogP contribution >= 0.6 is 0 Å². The summed E-state index contributed by atoms with van der Waals surface area (Å²) >= 11 is 0. The van der Waals surface area contributed by atoms with Gasteiger partial charge < -0.3 is 15.7 Å². The molecule has 112 valence electrons. The van der Waals surface area contributed by atoms with Crippen LogP contribution in [0, 0.1) is 23.7 Å². The van der Waals surface area contributed by atoms with Crippen LogP contribution < -0.4 is 16.1 Å². The summed E-state index contributed by atoms with van der Waals surface area (Å²) in [4.78, 5) is 2.05. The molecule has 5 N–H and O–H groups in total. The molecule has 1 rings (SSSR count). The second-order valence-corrected chi connectivity index (χ2v) is 4.40. The van der Waals surface area contributed by atoms with Crippen LogP contribution in [0.3, 0.4) is 0 Å². The van der Waals surface area contributed by atoms with Crippen molar-refractivity contribution in [3.8, 4) is 6.07 Å². The van der Waals surface area contributed by atoms with Gasteiger partial charge in [0.2, 0.25) is 5.71 Å². The predicted octanol–water partition coefficient (Wildman–Crippen LogP) is 1.04. The summed E-state index contributed by atoms with van der Waals surface area (Å²) in [5.41, 5.74) is 10.5. The Kier molecular flexibility index (Phi) is 6.17. The van der Waals surface area contributed by atoms with Gasteiger partial charge in [-0.2, -0.15) is 10.4 Å². The highest BCUT2D eigenvalue weighted by Crippen LogP contribution is 2.22. The minimum Gasteiger partial charge on any atom is -0.395 e. The molecular formula is C14H20N6O. The third-order valence-electron chi connectivity index (χ3n) is 2.98. The molecule has 0 aliphatic heterocycles. The van der Waals surface area contributed by atoms with Gasteiger partial charge >= 0.3 is 0 Å². The highest BCUT2D eigenvalue weighted by atomic mass is 16.3. The van der Waals surface area contributed by atoms with E-state index in [0.717, 1.165) is 23.5 Å². The van der Waals surface area contributed by atoms with Gasteiger partial charge in [0.05, 0.1) is 12.3 Å². The molecule has 0 unspecified atom stereocenters. The van der Waals surface area contributed by atoms with Gasteiger partial charge in [0.25, 0.3) is 0 Å². The number of benzene rings is 1.